The molecule has 0 aliphatic rings. The molecule has 0 bridgehead atoms. The van der Waals surface area contributed by atoms with E-state index >= 15 is 0 Å². The van der Waals surface area contributed by atoms with Crippen molar-refractivity contribution in [2.24, 2.45) is 5.73 Å². The zero-order chi connectivity index (χ0) is 19.7. The number of fused-ring (bicyclic) bond motifs is 1. The normalized spacial score (nSPS) is 12.2. The highest BCUT2D eigenvalue weighted by molar-refractivity contribution is 5.83. The molecule has 2 heterocycles. The topological polar surface area (TPSA) is 98.8 Å². The number of H-pyrrole nitrogens is 1. The summed E-state index contributed by atoms with van der Waals surface area (Å²) in [6, 6.07) is 12.9. The van der Waals surface area contributed by atoms with Gasteiger partial charge in [0.05, 0.1) is 36.6 Å². The Morgan fingerprint density at radius 1 is 1.25 bits per heavy atom. The van der Waals surface area contributed by atoms with Crippen LogP contribution in [0.1, 0.15) is 17.3 Å². The zero-order valence-electron chi connectivity index (χ0n) is 15.7. The minimum absolute atomic E-state index is 0.126. The quantitative estimate of drug-likeness (QED) is 0.559. The fourth-order valence-corrected chi connectivity index (χ4v) is 3.43. The van der Waals surface area contributed by atoms with E-state index in [0.29, 0.717) is 10.9 Å². The highest BCUT2D eigenvalue weighted by Gasteiger charge is 2.16. The lowest BCUT2D eigenvalue weighted by Gasteiger charge is -2.19. The Kier molecular flexibility index (Phi) is 4.67. The zero-order valence-corrected chi connectivity index (χ0v) is 15.7. The van der Waals surface area contributed by atoms with Crippen LogP contribution < -0.4 is 16.0 Å². The van der Waals surface area contributed by atoms with E-state index in [1.807, 2.05) is 49.4 Å². The van der Waals surface area contributed by atoms with E-state index in [9.17, 15) is 4.79 Å². The number of aromatic amines is 1. The number of nitrogens with zero attached hydrogens (tertiary/aromatic N) is 3. The van der Waals surface area contributed by atoms with Gasteiger partial charge in [0.25, 0.3) is 5.56 Å². The Morgan fingerprint density at radius 2 is 2.11 bits per heavy atom. The summed E-state index contributed by atoms with van der Waals surface area (Å²) in [5.74, 6) is 0.720. The number of rotatable bonds is 5. The Balaban J connectivity index is 1.81. The van der Waals surface area contributed by atoms with Gasteiger partial charge in [-0.3, -0.25) is 14.5 Å². The monoisotopic (exact) mass is 375 g/mol. The van der Waals surface area contributed by atoms with Gasteiger partial charge in [0.1, 0.15) is 5.75 Å². The van der Waals surface area contributed by atoms with E-state index in [0.717, 1.165) is 28.1 Å². The first-order valence-corrected chi connectivity index (χ1v) is 8.97. The third-order valence-corrected chi connectivity index (χ3v) is 4.96. The van der Waals surface area contributed by atoms with Crippen molar-refractivity contribution >= 4 is 10.9 Å². The van der Waals surface area contributed by atoms with Crippen LogP contribution in [0.2, 0.25) is 0 Å². The molecule has 4 rings (SSSR count). The van der Waals surface area contributed by atoms with Crippen LogP contribution in [0.3, 0.4) is 0 Å². The Labute approximate surface area is 161 Å². The summed E-state index contributed by atoms with van der Waals surface area (Å²) >= 11 is 0. The van der Waals surface area contributed by atoms with Crippen LogP contribution >= 0.6 is 0 Å². The third-order valence-electron chi connectivity index (χ3n) is 4.96. The molecule has 28 heavy (non-hydrogen) atoms. The number of aromatic nitrogens is 4. The lowest BCUT2D eigenvalue weighted by Crippen LogP contribution is -2.30. The highest BCUT2D eigenvalue weighted by atomic mass is 16.5. The van der Waals surface area contributed by atoms with Crippen molar-refractivity contribution in [3.63, 3.8) is 0 Å². The van der Waals surface area contributed by atoms with Crippen molar-refractivity contribution in [3.8, 4) is 16.9 Å². The number of aryl methyl sites for hydroxylation is 1. The summed E-state index contributed by atoms with van der Waals surface area (Å²) in [5.41, 5.74) is 10.3. The number of hydrogen-bond acceptors (Lipinski definition) is 5. The van der Waals surface area contributed by atoms with E-state index < -0.39 is 0 Å². The number of nitrogens with two attached hydrogens (primary N) is 1. The number of benzene rings is 2. The summed E-state index contributed by atoms with van der Waals surface area (Å²) in [5, 5.41) is 7.53. The number of ether oxygens (including phenoxy) is 1. The number of hydrogen-bond donors (Lipinski definition) is 2. The molecule has 1 unspecified atom stereocenters. The van der Waals surface area contributed by atoms with Gasteiger partial charge in [-0.2, -0.15) is 5.10 Å². The van der Waals surface area contributed by atoms with E-state index in [1.165, 1.54) is 0 Å². The highest BCUT2D eigenvalue weighted by Crippen LogP contribution is 2.25. The SMILES string of the molecule is COc1cccc(C(CN)n2cnc3cc(-c4cn[nH]c4C)ccc3c2=O)c1. The smallest absolute Gasteiger partial charge is 0.261 e. The molecule has 0 saturated heterocycles. The lowest BCUT2D eigenvalue weighted by atomic mass is 10.0. The third kappa shape index (κ3) is 3.05. The summed E-state index contributed by atoms with van der Waals surface area (Å²) in [4.78, 5) is 17.7. The average Bonchev–Trinajstić information content (AvgIpc) is 3.16. The first-order chi connectivity index (χ1) is 13.6. The minimum atomic E-state index is -0.324. The predicted octanol–water partition coefficient (Wildman–Crippen LogP) is 2.65. The van der Waals surface area contributed by atoms with Crippen molar-refractivity contribution in [1.29, 1.82) is 0 Å². The van der Waals surface area contributed by atoms with Gasteiger partial charge in [-0.1, -0.05) is 18.2 Å². The van der Waals surface area contributed by atoms with Crippen LogP contribution in [0.5, 0.6) is 5.75 Å². The summed E-state index contributed by atoms with van der Waals surface area (Å²) < 4.78 is 6.88. The Morgan fingerprint density at radius 3 is 2.82 bits per heavy atom. The van der Waals surface area contributed by atoms with Crippen LogP contribution in [-0.2, 0) is 0 Å². The Bertz CT molecular complexity index is 1190. The van der Waals surface area contributed by atoms with E-state index in [2.05, 4.69) is 15.2 Å². The molecule has 2 aromatic heterocycles. The van der Waals surface area contributed by atoms with Crippen LogP contribution in [0.25, 0.3) is 22.0 Å². The number of methoxy groups -OCH3 is 1. The van der Waals surface area contributed by atoms with Gasteiger partial charge in [0.2, 0.25) is 0 Å². The van der Waals surface area contributed by atoms with Crippen LogP contribution in [0.15, 0.2) is 59.8 Å². The van der Waals surface area contributed by atoms with E-state index in [1.54, 1.807) is 24.2 Å². The van der Waals surface area contributed by atoms with Gasteiger partial charge in [-0.05, 0) is 42.3 Å². The molecular weight excluding hydrogens is 354 g/mol. The van der Waals surface area contributed by atoms with E-state index in [4.69, 9.17) is 10.5 Å². The van der Waals surface area contributed by atoms with E-state index in [-0.39, 0.29) is 18.1 Å². The van der Waals surface area contributed by atoms with Crippen molar-refractivity contribution < 1.29 is 4.74 Å². The minimum Gasteiger partial charge on any atom is -0.497 e. The maximum absolute atomic E-state index is 13.1. The second kappa shape index (κ2) is 7.28. The maximum Gasteiger partial charge on any atom is 0.261 e. The second-order valence-electron chi connectivity index (χ2n) is 6.63. The predicted molar refractivity (Wildman–Crippen MR) is 109 cm³/mol. The van der Waals surface area contributed by atoms with Crippen LogP contribution in [-0.4, -0.2) is 33.4 Å². The van der Waals surface area contributed by atoms with Gasteiger partial charge in [0, 0.05) is 17.8 Å². The van der Waals surface area contributed by atoms with Gasteiger partial charge < -0.3 is 10.5 Å². The van der Waals surface area contributed by atoms with Crippen molar-refractivity contribution in [1.82, 2.24) is 19.7 Å². The Hall–Kier alpha value is -3.45. The first kappa shape index (κ1) is 17.9. The first-order valence-electron chi connectivity index (χ1n) is 8.97. The molecule has 142 valence electrons. The fourth-order valence-electron chi connectivity index (χ4n) is 3.43. The average molecular weight is 375 g/mol. The molecule has 0 spiro atoms. The van der Waals surface area contributed by atoms with Gasteiger partial charge in [0.15, 0.2) is 0 Å². The summed E-state index contributed by atoms with van der Waals surface area (Å²) in [6.45, 7) is 2.23. The summed E-state index contributed by atoms with van der Waals surface area (Å²) in [6.07, 6.45) is 3.33. The van der Waals surface area contributed by atoms with Crippen LogP contribution in [0.4, 0.5) is 0 Å². The molecule has 0 saturated carbocycles. The summed E-state index contributed by atoms with van der Waals surface area (Å²) in [7, 11) is 1.61. The standard InChI is InChI=1S/C21H21N5O2/c1-13-18(11-24-25-13)14-6-7-17-19(9-14)23-12-26(21(17)27)20(10-22)15-4-3-5-16(8-15)28-2/h3-9,11-12,20H,10,22H2,1-2H3,(H,24,25). The van der Waals surface area contributed by atoms with Crippen LogP contribution in [0, 0.1) is 6.92 Å². The largest absolute Gasteiger partial charge is 0.497 e. The molecular formula is C21H21N5O2. The van der Waals surface area contributed by atoms with Gasteiger partial charge >= 0.3 is 0 Å². The molecule has 4 aromatic rings. The van der Waals surface area contributed by atoms with Crippen molar-refractivity contribution in [2.75, 3.05) is 13.7 Å². The maximum atomic E-state index is 13.1. The van der Waals surface area contributed by atoms with Gasteiger partial charge in [-0.25, -0.2) is 4.98 Å². The molecule has 7 nitrogen and oxygen atoms in total. The molecule has 0 fully saturated rings. The molecule has 0 amide bonds. The molecule has 3 N–H and O–H groups in total. The second-order valence-corrected chi connectivity index (χ2v) is 6.63. The van der Waals surface area contributed by atoms with Crippen molar-refractivity contribution in [2.45, 2.75) is 13.0 Å². The fraction of sp³-hybridized carbons (Fsp3) is 0.190. The molecule has 0 aliphatic carbocycles. The lowest BCUT2D eigenvalue weighted by molar-refractivity contribution is 0.413. The van der Waals surface area contributed by atoms with Gasteiger partial charge in [-0.15, -0.1) is 0 Å². The number of nitrogens with one attached hydrogen (secondary N) is 1. The molecule has 0 radical (unpaired) electrons. The molecule has 0 aliphatic heterocycles. The van der Waals surface area contributed by atoms with Crippen molar-refractivity contribution in [3.05, 3.63) is 76.6 Å². The molecule has 2 aromatic carbocycles. The molecule has 7 heteroatoms. The molecule has 1 atom stereocenters.